The Labute approximate surface area is 113 Å². The Bertz CT molecular complexity index is 435. The molecule has 0 aromatic heterocycles. The van der Waals surface area contributed by atoms with Gasteiger partial charge in [-0.05, 0) is 19.8 Å². The lowest BCUT2D eigenvalue weighted by Crippen LogP contribution is -2.07. The van der Waals surface area contributed by atoms with Crippen LogP contribution in [-0.4, -0.2) is 24.6 Å². The van der Waals surface area contributed by atoms with Gasteiger partial charge >= 0.3 is 11.9 Å². The first-order valence-corrected chi connectivity index (χ1v) is 6.69. The molecule has 2 fully saturated rings. The van der Waals surface area contributed by atoms with Crippen LogP contribution in [0.15, 0.2) is 23.8 Å². The summed E-state index contributed by atoms with van der Waals surface area (Å²) in [6, 6.07) is 0. The standard InChI is InChI=1S/C15H20O4/c1-9(6-13-7-10(2)14(16)19-13)4-5-12-8-18-15(17)11(12)3/h4,10,12-13H,3,5-8H2,1-2H3/b9-4+/t10-,12-,13-/m1/s1. The number of carbonyl (C=O) groups excluding carboxylic acids is 2. The lowest BCUT2D eigenvalue weighted by atomic mass is 9.96. The van der Waals surface area contributed by atoms with Gasteiger partial charge in [0.25, 0.3) is 0 Å². The first-order chi connectivity index (χ1) is 8.97. The van der Waals surface area contributed by atoms with Gasteiger partial charge in [-0.1, -0.05) is 25.2 Å². The molecule has 0 bridgehead atoms. The van der Waals surface area contributed by atoms with Gasteiger partial charge in [0.2, 0.25) is 0 Å². The molecule has 2 saturated heterocycles. The van der Waals surface area contributed by atoms with Crippen LogP contribution in [0.5, 0.6) is 0 Å². The van der Waals surface area contributed by atoms with E-state index >= 15 is 0 Å². The summed E-state index contributed by atoms with van der Waals surface area (Å²) in [6.45, 7) is 8.09. The van der Waals surface area contributed by atoms with Crippen molar-refractivity contribution in [2.75, 3.05) is 6.61 Å². The van der Waals surface area contributed by atoms with Crippen LogP contribution in [0, 0.1) is 11.8 Å². The minimum absolute atomic E-state index is 0.00316. The van der Waals surface area contributed by atoms with Crippen molar-refractivity contribution in [3.63, 3.8) is 0 Å². The highest BCUT2D eigenvalue weighted by atomic mass is 16.6. The second-order valence-electron chi connectivity index (χ2n) is 5.51. The molecule has 0 unspecified atom stereocenters. The molecule has 3 atom stereocenters. The van der Waals surface area contributed by atoms with E-state index in [2.05, 4.69) is 12.7 Å². The van der Waals surface area contributed by atoms with Gasteiger partial charge in [-0.25, -0.2) is 4.79 Å². The van der Waals surface area contributed by atoms with Crippen molar-refractivity contribution >= 4 is 11.9 Å². The van der Waals surface area contributed by atoms with Crippen LogP contribution in [0.2, 0.25) is 0 Å². The maximum Gasteiger partial charge on any atom is 0.333 e. The van der Waals surface area contributed by atoms with E-state index in [-0.39, 0.29) is 29.9 Å². The normalized spacial score (nSPS) is 31.6. The average Bonchev–Trinajstić information content (AvgIpc) is 2.82. The molecule has 2 heterocycles. The van der Waals surface area contributed by atoms with Crippen LogP contribution in [-0.2, 0) is 19.1 Å². The summed E-state index contributed by atoms with van der Waals surface area (Å²) >= 11 is 0. The zero-order chi connectivity index (χ0) is 14.0. The van der Waals surface area contributed by atoms with Crippen molar-refractivity contribution in [2.24, 2.45) is 11.8 Å². The van der Waals surface area contributed by atoms with Gasteiger partial charge in [-0.3, -0.25) is 4.79 Å². The first kappa shape index (κ1) is 13.8. The fourth-order valence-electron chi connectivity index (χ4n) is 2.48. The minimum Gasteiger partial charge on any atom is -0.462 e. The Morgan fingerprint density at radius 2 is 2.21 bits per heavy atom. The summed E-state index contributed by atoms with van der Waals surface area (Å²) in [5.74, 6) is -0.276. The number of cyclic esters (lactones) is 2. The molecule has 0 spiro atoms. The smallest absolute Gasteiger partial charge is 0.333 e. The van der Waals surface area contributed by atoms with Crippen LogP contribution >= 0.6 is 0 Å². The van der Waals surface area contributed by atoms with E-state index in [1.807, 2.05) is 13.8 Å². The van der Waals surface area contributed by atoms with Crippen LogP contribution in [0.4, 0.5) is 0 Å². The van der Waals surface area contributed by atoms with E-state index in [1.165, 1.54) is 5.57 Å². The van der Waals surface area contributed by atoms with Gasteiger partial charge in [0.15, 0.2) is 0 Å². The van der Waals surface area contributed by atoms with Crippen LogP contribution in [0.25, 0.3) is 0 Å². The molecule has 19 heavy (non-hydrogen) atoms. The van der Waals surface area contributed by atoms with E-state index in [0.717, 1.165) is 19.3 Å². The summed E-state index contributed by atoms with van der Waals surface area (Å²) in [4.78, 5) is 22.5. The molecule has 2 aliphatic heterocycles. The number of allylic oxidation sites excluding steroid dienone is 1. The van der Waals surface area contributed by atoms with E-state index in [0.29, 0.717) is 12.2 Å². The molecule has 0 aromatic rings. The highest BCUT2D eigenvalue weighted by molar-refractivity contribution is 5.90. The number of rotatable bonds is 4. The predicted molar refractivity (Wildman–Crippen MR) is 70.2 cm³/mol. The molecule has 0 aromatic carbocycles. The second kappa shape index (κ2) is 5.59. The SMILES string of the molecule is C=C1C(=O)OC[C@H]1C/C=C(\C)C[C@@H]1C[C@@H](C)C(=O)O1. The fourth-order valence-corrected chi connectivity index (χ4v) is 2.48. The molecule has 0 aliphatic carbocycles. The number of carbonyl (C=O) groups is 2. The van der Waals surface area contributed by atoms with Gasteiger partial charge < -0.3 is 9.47 Å². The highest BCUT2D eigenvalue weighted by Gasteiger charge is 2.31. The van der Waals surface area contributed by atoms with E-state index in [1.54, 1.807) is 0 Å². The first-order valence-electron chi connectivity index (χ1n) is 6.69. The molecule has 4 heteroatoms. The van der Waals surface area contributed by atoms with Crippen molar-refractivity contribution < 1.29 is 19.1 Å². The van der Waals surface area contributed by atoms with Crippen molar-refractivity contribution in [3.05, 3.63) is 23.8 Å². The Kier molecular flexibility index (Phi) is 4.08. The summed E-state index contributed by atoms with van der Waals surface area (Å²) in [5.41, 5.74) is 1.74. The molecular weight excluding hydrogens is 244 g/mol. The van der Waals surface area contributed by atoms with Gasteiger partial charge in [0, 0.05) is 17.9 Å². The van der Waals surface area contributed by atoms with Crippen molar-refractivity contribution in [1.82, 2.24) is 0 Å². The third-order valence-corrected chi connectivity index (χ3v) is 3.77. The number of hydrogen-bond acceptors (Lipinski definition) is 4. The zero-order valence-electron chi connectivity index (χ0n) is 11.5. The van der Waals surface area contributed by atoms with Gasteiger partial charge in [0.05, 0.1) is 12.5 Å². The van der Waals surface area contributed by atoms with Crippen molar-refractivity contribution in [1.29, 1.82) is 0 Å². The third-order valence-electron chi connectivity index (χ3n) is 3.77. The molecule has 0 radical (unpaired) electrons. The number of hydrogen-bond donors (Lipinski definition) is 0. The maximum absolute atomic E-state index is 11.3. The Morgan fingerprint density at radius 1 is 1.47 bits per heavy atom. The van der Waals surface area contributed by atoms with E-state index in [9.17, 15) is 9.59 Å². The zero-order valence-corrected chi connectivity index (χ0v) is 11.5. The van der Waals surface area contributed by atoms with Crippen LogP contribution < -0.4 is 0 Å². The summed E-state index contributed by atoms with van der Waals surface area (Å²) in [6.07, 6.45) is 4.41. The van der Waals surface area contributed by atoms with Gasteiger partial charge in [-0.15, -0.1) is 0 Å². The molecule has 0 amide bonds. The monoisotopic (exact) mass is 264 g/mol. The van der Waals surface area contributed by atoms with Crippen molar-refractivity contribution in [3.8, 4) is 0 Å². The summed E-state index contributed by atoms with van der Waals surface area (Å²) in [7, 11) is 0. The third kappa shape index (κ3) is 3.25. The lowest BCUT2D eigenvalue weighted by Gasteiger charge is -2.10. The number of esters is 2. The predicted octanol–water partition coefficient (Wildman–Crippen LogP) is 2.39. The summed E-state index contributed by atoms with van der Waals surface area (Å²) in [5, 5.41) is 0. The quantitative estimate of drug-likeness (QED) is 0.444. The van der Waals surface area contributed by atoms with Gasteiger partial charge in [-0.2, -0.15) is 0 Å². The molecule has 2 aliphatic rings. The topological polar surface area (TPSA) is 52.6 Å². The minimum atomic E-state index is -0.283. The van der Waals surface area contributed by atoms with E-state index in [4.69, 9.17) is 9.47 Å². The molecule has 4 nitrogen and oxygen atoms in total. The Hall–Kier alpha value is -1.58. The van der Waals surface area contributed by atoms with Crippen LogP contribution in [0.1, 0.15) is 33.1 Å². The van der Waals surface area contributed by atoms with E-state index < -0.39 is 0 Å². The molecule has 0 N–H and O–H groups in total. The highest BCUT2D eigenvalue weighted by Crippen LogP contribution is 2.27. The lowest BCUT2D eigenvalue weighted by molar-refractivity contribution is -0.143. The largest absolute Gasteiger partial charge is 0.462 e. The molecular formula is C15H20O4. The van der Waals surface area contributed by atoms with Crippen molar-refractivity contribution in [2.45, 2.75) is 39.2 Å². The molecule has 2 rings (SSSR count). The summed E-state index contributed by atoms with van der Waals surface area (Å²) < 4.78 is 10.2. The Balaban J connectivity index is 1.82. The van der Waals surface area contributed by atoms with Crippen LogP contribution in [0.3, 0.4) is 0 Å². The molecule has 0 saturated carbocycles. The fraction of sp³-hybridized carbons (Fsp3) is 0.600. The Morgan fingerprint density at radius 3 is 2.74 bits per heavy atom. The van der Waals surface area contributed by atoms with Gasteiger partial charge in [0.1, 0.15) is 6.10 Å². The average molecular weight is 264 g/mol. The maximum atomic E-state index is 11.3. The molecule has 104 valence electrons. The number of ether oxygens (including phenoxy) is 2. The second-order valence-corrected chi connectivity index (χ2v) is 5.51.